The molecule has 2 nitrogen and oxygen atoms in total. The molecule has 20 heavy (non-hydrogen) atoms. The van der Waals surface area contributed by atoms with Crippen molar-refractivity contribution in [1.29, 1.82) is 0 Å². The van der Waals surface area contributed by atoms with E-state index in [1.807, 2.05) is 0 Å². The predicted octanol–water partition coefficient (Wildman–Crippen LogP) is 4.16. The van der Waals surface area contributed by atoms with Gasteiger partial charge in [0.1, 0.15) is 0 Å². The molecule has 0 aromatic rings. The van der Waals surface area contributed by atoms with E-state index in [0.717, 1.165) is 18.5 Å². The molecule has 0 radical (unpaired) electrons. The summed E-state index contributed by atoms with van der Waals surface area (Å²) in [5.74, 6) is 1.62. The zero-order valence-electron chi connectivity index (χ0n) is 15.0. The first-order valence-electron chi connectivity index (χ1n) is 8.61. The summed E-state index contributed by atoms with van der Waals surface area (Å²) in [6.45, 7) is 13.0. The van der Waals surface area contributed by atoms with Crippen LogP contribution in [0.5, 0.6) is 0 Å². The summed E-state index contributed by atoms with van der Waals surface area (Å²) in [6, 6.07) is 1.39. The van der Waals surface area contributed by atoms with E-state index in [9.17, 15) is 0 Å². The molecule has 3 unspecified atom stereocenters. The highest BCUT2D eigenvalue weighted by atomic mass is 15.1. The third-order valence-electron chi connectivity index (χ3n) is 5.24. The number of nitrogens with one attached hydrogen (secondary N) is 1. The maximum Gasteiger partial charge on any atom is 0.0237 e. The molecular weight excluding hydrogens is 244 g/mol. The minimum atomic E-state index is 0.485. The fourth-order valence-corrected chi connectivity index (χ4v) is 3.67. The Bertz CT molecular complexity index is 257. The van der Waals surface area contributed by atoms with Gasteiger partial charge in [-0.2, -0.15) is 0 Å². The summed E-state index contributed by atoms with van der Waals surface area (Å²) in [5.41, 5.74) is 0.485. The lowest BCUT2D eigenvalue weighted by molar-refractivity contribution is 0.207. The van der Waals surface area contributed by atoms with Crippen LogP contribution in [-0.2, 0) is 0 Å². The summed E-state index contributed by atoms with van der Waals surface area (Å²) in [5, 5.41) is 3.85. The molecule has 0 aromatic carbocycles. The van der Waals surface area contributed by atoms with E-state index >= 15 is 0 Å². The standard InChI is InChI=1S/C18H38N2/c1-14(2)17(20(6)7)13-19-16-10-8-9-15(11-12-16)18(3,4)5/h14-17,19H,8-13H2,1-7H3. The van der Waals surface area contributed by atoms with Gasteiger partial charge in [0.15, 0.2) is 0 Å². The molecule has 1 fully saturated rings. The minimum Gasteiger partial charge on any atom is -0.312 e. The molecule has 0 heterocycles. The molecule has 1 aliphatic rings. The van der Waals surface area contributed by atoms with Gasteiger partial charge in [-0.1, -0.05) is 41.0 Å². The van der Waals surface area contributed by atoms with Crippen molar-refractivity contribution in [1.82, 2.24) is 10.2 Å². The van der Waals surface area contributed by atoms with Crippen LogP contribution in [0.4, 0.5) is 0 Å². The highest BCUT2D eigenvalue weighted by molar-refractivity contribution is 4.83. The molecule has 1 saturated carbocycles. The van der Waals surface area contributed by atoms with Crippen molar-refractivity contribution in [3.63, 3.8) is 0 Å². The van der Waals surface area contributed by atoms with Gasteiger partial charge in [0, 0.05) is 18.6 Å². The van der Waals surface area contributed by atoms with Crippen molar-refractivity contribution >= 4 is 0 Å². The number of rotatable bonds is 5. The Hall–Kier alpha value is -0.0800. The third-order valence-corrected chi connectivity index (χ3v) is 5.24. The molecule has 0 amide bonds. The molecule has 0 aliphatic heterocycles. The summed E-state index contributed by atoms with van der Waals surface area (Å²) in [6.07, 6.45) is 6.94. The van der Waals surface area contributed by atoms with E-state index < -0.39 is 0 Å². The van der Waals surface area contributed by atoms with Gasteiger partial charge in [-0.15, -0.1) is 0 Å². The number of hydrogen-bond donors (Lipinski definition) is 1. The zero-order chi connectivity index (χ0) is 15.3. The van der Waals surface area contributed by atoms with E-state index in [2.05, 4.69) is 58.9 Å². The van der Waals surface area contributed by atoms with E-state index in [1.165, 1.54) is 32.1 Å². The third kappa shape index (κ3) is 5.73. The van der Waals surface area contributed by atoms with Crippen LogP contribution in [0.25, 0.3) is 0 Å². The molecule has 3 atom stereocenters. The van der Waals surface area contributed by atoms with Crippen molar-refractivity contribution in [3.8, 4) is 0 Å². The highest BCUT2D eigenvalue weighted by Crippen LogP contribution is 2.36. The summed E-state index contributed by atoms with van der Waals surface area (Å²) in [4.78, 5) is 2.37. The van der Waals surface area contributed by atoms with Crippen molar-refractivity contribution in [2.45, 2.75) is 78.8 Å². The predicted molar refractivity (Wildman–Crippen MR) is 90.1 cm³/mol. The summed E-state index contributed by atoms with van der Waals surface area (Å²) in [7, 11) is 4.41. The molecule has 0 bridgehead atoms. The average molecular weight is 283 g/mol. The maximum absolute atomic E-state index is 3.85. The lowest BCUT2D eigenvalue weighted by atomic mass is 9.76. The molecule has 0 spiro atoms. The van der Waals surface area contributed by atoms with E-state index in [4.69, 9.17) is 0 Å². The molecule has 2 heteroatoms. The Kier molecular flexibility index (Phi) is 7.00. The van der Waals surface area contributed by atoms with Crippen LogP contribution >= 0.6 is 0 Å². The molecule has 1 rings (SSSR count). The summed E-state index contributed by atoms with van der Waals surface area (Å²) >= 11 is 0. The van der Waals surface area contributed by atoms with Crippen molar-refractivity contribution < 1.29 is 0 Å². The fraction of sp³-hybridized carbons (Fsp3) is 1.00. The van der Waals surface area contributed by atoms with Crippen LogP contribution in [-0.4, -0.2) is 37.6 Å². The topological polar surface area (TPSA) is 15.3 Å². The van der Waals surface area contributed by atoms with E-state index in [1.54, 1.807) is 0 Å². The second kappa shape index (κ2) is 7.79. The molecular formula is C18H38N2. The van der Waals surface area contributed by atoms with Crippen LogP contribution in [0.2, 0.25) is 0 Å². The average Bonchev–Trinajstić information content (AvgIpc) is 2.53. The Balaban J connectivity index is 2.42. The largest absolute Gasteiger partial charge is 0.312 e. The fourth-order valence-electron chi connectivity index (χ4n) is 3.67. The van der Waals surface area contributed by atoms with Gasteiger partial charge in [-0.05, 0) is 57.0 Å². The molecule has 0 saturated heterocycles. The van der Waals surface area contributed by atoms with Crippen LogP contribution in [0.1, 0.15) is 66.7 Å². The first kappa shape index (κ1) is 18.0. The molecule has 1 N–H and O–H groups in total. The zero-order valence-corrected chi connectivity index (χ0v) is 15.0. The smallest absolute Gasteiger partial charge is 0.0237 e. The van der Waals surface area contributed by atoms with Gasteiger partial charge in [0.05, 0.1) is 0 Å². The van der Waals surface area contributed by atoms with E-state index in [0.29, 0.717) is 17.4 Å². The maximum atomic E-state index is 3.85. The van der Waals surface area contributed by atoms with Gasteiger partial charge in [-0.25, -0.2) is 0 Å². The normalized spacial score (nSPS) is 26.9. The molecule has 0 aromatic heterocycles. The Morgan fingerprint density at radius 3 is 2.20 bits per heavy atom. The number of hydrogen-bond acceptors (Lipinski definition) is 2. The van der Waals surface area contributed by atoms with Crippen LogP contribution in [0.15, 0.2) is 0 Å². The highest BCUT2D eigenvalue weighted by Gasteiger charge is 2.28. The second-order valence-electron chi connectivity index (χ2n) is 8.45. The Morgan fingerprint density at radius 2 is 1.70 bits per heavy atom. The van der Waals surface area contributed by atoms with Crippen LogP contribution < -0.4 is 5.32 Å². The first-order valence-corrected chi connectivity index (χ1v) is 8.61. The van der Waals surface area contributed by atoms with Gasteiger partial charge >= 0.3 is 0 Å². The number of nitrogens with zero attached hydrogens (tertiary/aromatic N) is 1. The van der Waals surface area contributed by atoms with E-state index in [-0.39, 0.29) is 0 Å². The number of likely N-dealkylation sites (N-methyl/N-ethyl adjacent to an activating group) is 1. The van der Waals surface area contributed by atoms with Crippen molar-refractivity contribution in [2.75, 3.05) is 20.6 Å². The molecule has 120 valence electrons. The van der Waals surface area contributed by atoms with Crippen molar-refractivity contribution in [3.05, 3.63) is 0 Å². The quantitative estimate of drug-likeness (QED) is 0.762. The lowest BCUT2D eigenvalue weighted by Gasteiger charge is -2.31. The van der Waals surface area contributed by atoms with Crippen molar-refractivity contribution in [2.24, 2.45) is 17.3 Å². The second-order valence-corrected chi connectivity index (χ2v) is 8.45. The van der Waals surface area contributed by atoms with Gasteiger partial charge in [-0.3, -0.25) is 0 Å². The monoisotopic (exact) mass is 282 g/mol. The SMILES string of the molecule is CC(C)C(CNC1CCCC(C(C)(C)C)CC1)N(C)C. The first-order chi connectivity index (χ1) is 9.21. The van der Waals surface area contributed by atoms with Crippen LogP contribution in [0.3, 0.4) is 0 Å². The van der Waals surface area contributed by atoms with Gasteiger partial charge < -0.3 is 10.2 Å². The lowest BCUT2D eigenvalue weighted by Crippen LogP contribution is -2.44. The van der Waals surface area contributed by atoms with Gasteiger partial charge in [0.25, 0.3) is 0 Å². The Labute approximate surface area is 127 Å². The van der Waals surface area contributed by atoms with Gasteiger partial charge in [0.2, 0.25) is 0 Å². The minimum absolute atomic E-state index is 0.485. The van der Waals surface area contributed by atoms with Crippen LogP contribution in [0, 0.1) is 17.3 Å². The summed E-state index contributed by atoms with van der Waals surface area (Å²) < 4.78 is 0. The Morgan fingerprint density at radius 1 is 1.05 bits per heavy atom. The molecule has 1 aliphatic carbocycles.